The van der Waals surface area contributed by atoms with Crippen LogP contribution in [0.15, 0.2) is 75.7 Å². The van der Waals surface area contributed by atoms with Gasteiger partial charge in [0, 0.05) is 11.8 Å². The second kappa shape index (κ2) is 8.01. The van der Waals surface area contributed by atoms with Gasteiger partial charge in [0.05, 0.1) is 15.5 Å². The Morgan fingerprint density at radius 1 is 1.16 bits per heavy atom. The van der Waals surface area contributed by atoms with Crippen LogP contribution in [0.1, 0.15) is 17.5 Å². The highest BCUT2D eigenvalue weighted by Gasteiger charge is 2.36. The molecule has 1 aromatic heterocycles. The van der Waals surface area contributed by atoms with Crippen molar-refractivity contribution < 1.29 is 14.1 Å². The van der Waals surface area contributed by atoms with E-state index >= 15 is 0 Å². The number of hydrogen-bond acceptors (Lipinski definition) is 7. The number of amides is 1. The van der Waals surface area contributed by atoms with Crippen LogP contribution < -0.4 is 10.2 Å². The van der Waals surface area contributed by atoms with Crippen molar-refractivity contribution in [3.05, 3.63) is 92.7 Å². The summed E-state index contributed by atoms with van der Waals surface area (Å²) in [6.07, 6.45) is -0.795. The third-order valence-corrected chi connectivity index (χ3v) is 5.33. The molecule has 154 valence electrons. The standard InChI is InChI=1S/C22H16N4O4S/c1-13-6-8-14(9-7-13)25-20(24-21(27)16(12-23)22(25)31)19-11-10-18(30-19)15-4-2-3-5-17(15)26(28)29/h2-11,20,31H,1H3,(H,24,27). The molecule has 0 bridgehead atoms. The summed E-state index contributed by atoms with van der Waals surface area (Å²) in [6.45, 7) is 1.95. The average molecular weight is 432 g/mol. The number of nitrogens with zero attached hydrogens (tertiary/aromatic N) is 3. The molecule has 9 heteroatoms. The molecule has 1 unspecified atom stereocenters. The molecule has 8 nitrogen and oxygen atoms in total. The van der Waals surface area contributed by atoms with E-state index in [4.69, 9.17) is 4.42 Å². The molecular weight excluding hydrogens is 416 g/mol. The number of thiol groups is 1. The SMILES string of the molecule is Cc1ccc(N2C(S)=C(C#N)C(=O)NC2c2ccc(-c3ccccc3[N+](=O)[O-])o2)cc1. The Hall–Kier alpha value is -4.03. The summed E-state index contributed by atoms with van der Waals surface area (Å²) in [4.78, 5) is 25.0. The van der Waals surface area contributed by atoms with Gasteiger partial charge in [-0.2, -0.15) is 5.26 Å². The summed E-state index contributed by atoms with van der Waals surface area (Å²) in [5, 5.41) is 23.7. The summed E-state index contributed by atoms with van der Waals surface area (Å²) in [6, 6.07) is 18.9. The zero-order valence-corrected chi connectivity index (χ0v) is 17.2. The van der Waals surface area contributed by atoms with Gasteiger partial charge in [-0.15, -0.1) is 12.6 Å². The lowest BCUT2D eigenvalue weighted by Crippen LogP contribution is -2.45. The molecule has 0 saturated carbocycles. The molecule has 1 amide bonds. The van der Waals surface area contributed by atoms with E-state index in [0.29, 0.717) is 17.0 Å². The highest BCUT2D eigenvalue weighted by atomic mass is 32.1. The number of carbonyl (C=O) groups excluding carboxylic acids is 1. The lowest BCUT2D eigenvalue weighted by Gasteiger charge is -2.36. The summed E-state index contributed by atoms with van der Waals surface area (Å²) in [7, 11) is 0. The normalized spacial score (nSPS) is 16.1. The highest BCUT2D eigenvalue weighted by Crippen LogP contribution is 2.38. The predicted molar refractivity (Wildman–Crippen MR) is 117 cm³/mol. The second-order valence-electron chi connectivity index (χ2n) is 6.87. The highest BCUT2D eigenvalue weighted by molar-refractivity contribution is 7.84. The molecule has 0 saturated heterocycles. The largest absolute Gasteiger partial charge is 0.457 e. The maximum atomic E-state index is 12.5. The first-order chi connectivity index (χ1) is 14.9. The maximum Gasteiger partial charge on any atom is 0.280 e. The summed E-state index contributed by atoms with van der Waals surface area (Å²) < 4.78 is 5.94. The fourth-order valence-corrected chi connectivity index (χ4v) is 3.75. The molecule has 3 aromatic rings. The lowest BCUT2D eigenvalue weighted by molar-refractivity contribution is -0.384. The minimum absolute atomic E-state index is 0.0898. The number of furan rings is 1. The Kier molecular flexibility index (Phi) is 5.23. The third-order valence-electron chi connectivity index (χ3n) is 4.89. The first kappa shape index (κ1) is 20.3. The number of benzene rings is 2. The summed E-state index contributed by atoms with van der Waals surface area (Å²) >= 11 is 4.45. The van der Waals surface area contributed by atoms with Crippen LogP contribution in [0.5, 0.6) is 0 Å². The van der Waals surface area contributed by atoms with Gasteiger partial charge in [0.1, 0.15) is 23.2 Å². The van der Waals surface area contributed by atoms with Crippen LogP contribution in [-0.4, -0.2) is 10.8 Å². The molecule has 1 aliphatic rings. The first-order valence-corrected chi connectivity index (χ1v) is 9.69. The molecular formula is C22H16N4O4S. The quantitative estimate of drug-likeness (QED) is 0.357. The fraction of sp³-hybridized carbons (Fsp3) is 0.0909. The number of para-hydroxylation sites is 1. The van der Waals surface area contributed by atoms with Gasteiger partial charge in [-0.3, -0.25) is 14.9 Å². The number of nitriles is 1. The van der Waals surface area contributed by atoms with E-state index in [-0.39, 0.29) is 22.0 Å². The monoisotopic (exact) mass is 432 g/mol. The van der Waals surface area contributed by atoms with Crippen LogP contribution in [0.3, 0.4) is 0 Å². The van der Waals surface area contributed by atoms with Crippen molar-refractivity contribution in [2.24, 2.45) is 0 Å². The Balaban J connectivity index is 1.81. The molecule has 0 radical (unpaired) electrons. The van der Waals surface area contributed by atoms with Crippen molar-refractivity contribution in [2.75, 3.05) is 4.90 Å². The molecule has 1 atom stereocenters. The van der Waals surface area contributed by atoms with Crippen LogP contribution in [-0.2, 0) is 4.79 Å². The van der Waals surface area contributed by atoms with Crippen LogP contribution >= 0.6 is 12.6 Å². The minimum atomic E-state index is -0.795. The van der Waals surface area contributed by atoms with E-state index in [1.54, 1.807) is 35.2 Å². The van der Waals surface area contributed by atoms with Crippen LogP contribution in [0.2, 0.25) is 0 Å². The minimum Gasteiger partial charge on any atom is -0.457 e. The summed E-state index contributed by atoms with van der Waals surface area (Å²) in [5.74, 6) is 0.0475. The van der Waals surface area contributed by atoms with Crippen molar-refractivity contribution >= 4 is 29.9 Å². The maximum absolute atomic E-state index is 12.5. The molecule has 0 fully saturated rings. The third kappa shape index (κ3) is 3.65. The lowest BCUT2D eigenvalue weighted by atomic mass is 10.1. The zero-order chi connectivity index (χ0) is 22.1. The van der Waals surface area contributed by atoms with Gasteiger partial charge in [0.2, 0.25) is 0 Å². The Morgan fingerprint density at radius 3 is 2.55 bits per heavy atom. The predicted octanol–water partition coefficient (Wildman–Crippen LogP) is 4.46. The number of nitrogens with one attached hydrogen (secondary N) is 1. The topological polar surface area (TPSA) is 112 Å². The van der Waals surface area contributed by atoms with E-state index in [1.807, 2.05) is 37.3 Å². The van der Waals surface area contributed by atoms with Gasteiger partial charge in [-0.25, -0.2) is 0 Å². The number of aryl methyl sites for hydroxylation is 1. The van der Waals surface area contributed by atoms with E-state index in [2.05, 4.69) is 17.9 Å². The van der Waals surface area contributed by atoms with Crippen molar-refractivity contribution in [2.45, 2.75) is 13.1 Å². The van der Waals surface area contributed by atoms with Crippen molar-refractivity contribution in [3.8, 4) is 17.4 Å². The van der Waals surface area contributed by atoms with Crippen molar-refractivity contribution in [1.82, 2.24) is 5.32 Å². The molecule has 2 aromatic carbocycles. The van der Waals surface area contributed by atoms with Crippen molar-refractivity contribution in [1.29, 1.82) is 5.26 Å². The van der Waals surface area contributed by atoms with Crippen LogP contribution in [0.25, 0.3) is 11.3 Å². The Bertz CT molecular complexity index is 1260. The number of anilines is 1. The fourth-order valence-electron chi connectivity index (χ4n) is 3.37. The number of hydrogen-bond donors (Lipinski definition) is 2. The van der Waals surface area contributed by atoms with E-state index in [9.17, 15) is 20.2 Å². The van der Waals surface area contributed by atoms with Gasteiger partial charge in [-0.1, -0.05) is 29.8 Å². The first-order valence-electron chi connectivity index (χ1n) is 9.24. The zero-order valence-electron chi connectivity index (χ0n) is 16.3. The van der Waals surface area contributed by atoms with E-state index in [0.717, 1.165) is 5.56 Å². The van der Waals surface area contributed by atoms with Gasteiger partial charge < -0.3 is 14.6 Å². The van der Waals surface area contributed by atoms with Gasteiger partial charge in [0.15, 0.2) is 6.17 Å². The molecule has 1 aliphatic heterocycles. The number of carbonyl (C=O) groups is 1. The Morgan fingerprint density at radius 2 is 1.87 bits per heavy atom. The molecule has 4 rings (SSSR count). The van der Waals surface area contributed by atoms with Gasteiger partial charge in [-0.05, 0) is 37.3 Å². The smallest absolute Gasteiger partial charge is 0.280 e. The number of rotatable bonds is 4. The molecule has 31 heavy (non-hydrogen) atoms. The Labute approximate surface area is 183 Å². The molecule has 1 N–H and O–H groups in total. The number of nitro benzene ring substituents is 1. The van der Waals surface area contributed by atoms with Gasteiger partial charge >= 0.3 is 0 Å². The van der Waals surface area contributed by atoms with Gasteiger partial charge in [0.25, 0.3) is 11.6 Å². The molecule has 0 spiro atoms. The van der Waals surface area contributed by atoms with E-state index in [1.165, 1.54) is 6.07 Å². The van der Waals surface area contributed by atoms with Crippen LogP contribution in [0.4, 0.5) is 11.4 Å². The van der Waals surface area contributed by atoms with Crippen LogP contribution in [0, 0.1) is 28.4 Å². The number of nitro groups is 1. The average Bonchev–Trinajstić information content (AvgIpc) is 3.24. The van der Waals surface area contributed by atoms with E-state index < -0.39 is 17.0 Å². The van der Waals surface area contributed by atoms with Crippen molar-refractivity contribution in [3.63, 3.8) is 0 Å². The molecule has 0 aliphatic carbocycles. The summed E-state index contributed by atoms with van der Waals surface area (Å²) in [5.41, 5.74) is 1.85. The molecule has 2 heterocycles. The second-order valence-corrected chi connectivity index (χ2v) is 7.29.